The van der Waals surface area contributed by atoms with E-state index >= 15 is 0 Å². The maximum atomic E-state index is 12.6. The molecule has 0 aliphatic carbocycles. The number of hydrogen-bond acceptors (Lipinski definition) is 7. The number of rotatable bonds is 5. The number of anilines is 1. The van der Waals surface area contributed by atoms with Crippen LogP contribution in [0.2, 0.25) is 0 Å². The SMILES string of the molecule is CC(C)C(NC(=O)Nc1nnc(-c2ccccn2)s1)c1ccc2c(c1)OCCO2. The molecule has 1 atom stereocenters. The van der Waals surface area contributed by atoms with Crippen LogP contribution in [0.15, 0.2) is 42.6 Å². The van der Waals surface area contributed by atoms with E-state index in [1.165, 1.54) is 11.3 Å². The number of hydrogen-bond donors (Lipinski definition) is 2. The molecule has 4 rings (SSSR count). The fourth-order valence-electron chi connectivity index (χ4n) is 3.03. The van der Waals surface area contributed by atoms with Crippen LogP contribution in [0.1, 0.15) is 25.5 Å². The first-order valence-electron chi connectivity index (χ1n) is 9.32. The highest BCUT2D eigenvalue weighted by molar-refractivity contribution is 7.18. The van der Waals surface area contributed by atoms with Crippen LogP contribution in [0.4, 0.5) is 9.93 Å². The molecule has 0 fully saturated rings. The molecule has 9 heteroatoms. The maximum Gasteiger partial charge on any atom is 0.321 e. The monoisotopic (exact) mass is 411 g/mol. The standard InChI is InChI=1S/C20H21N5O3S/c1-12(2)17(13-6-7-15-16(11-13)28-10-9-27-15)22-19(26)23-20-25-24-18(29-20)14-5-3-4-8-21-14/h3-8,11-12,17H,9-10H2,1-2H3,(H2,22,23,25,26). The van der Waals surface area contributed by atoms with Crippen molar-refractivity contribution in [3.63, 3.8) is 0 Å². The van der Waals surface area contributed by atoms with Gasteiger partial charge in [0.25, 0.3) is 0 Å². The number of ether oxygens (including phenoxy) is 2. The zero-order chi connectivity index (χ0) is 20.2. The van der Waals surface area contributed by atoms with Gasteiger partial charge in [-0.3, -0.25) is 10.3 Å². The van der Waals surface area contributed by atoms with Crippen molar-refractivity contribution in [2.24, 2.45) is 5.92 Å². The second-order valence-corrected chi connectivity index (χ2v) is 7.83. The summed E-state index contributed by atoms with van der Waals surface area (Å²) in [7, 11) is 0. The lowest BCUT2D eigenvalue weighted by Gasteiger charge is -2.25. The van der Waals surface area contributed by atoms with E-state index in [9.17, 15) is 4.79 Å². The van der Waals surface area contributed by atoms with Crippen molar-refractivity contribution in [3.8, 4) is 22.2 Å². The van der Waals surface area contributed by atoms with Gasteiger partial charge < -0.3 is 14.8 Å². The van der Waals surface area contributed by atoms with E-state index in [0.29, 0.717) is 29.1 Å². The number of amides is 2. The summed E-state index contributed by atoms with van der Waals surface area (Å²) in [5.74, 6) is 1.59. The van der Waals surface area contributed by atoms with Gasteiger partial charge in [0.15, 0.2) is 16.5 Å². The van der Waals surface area contributed by atoms with E-state index in [-0.39, 0.29) is 18.0 Å². The van der Waals surface area contributed by atoms with E-state index in [4.69, 9.17) is 9.47 Å². The van der Waals surface area contributed by atoms with Crippen LogP contribution in [0, 0.1) is 5.92 Å². The van der Waals surface area contributed by atoms with Crippen LogP contribution in [-0.2, 0) is 0 Å². The summed E-state index contributed by atoms with van der Waals surface area (Å²) in [6, 6.07) is 10.8. The molecule has 2 aromatic heterocycles. The highest BCUT2D eigenvalue weighted by Crippen LogP contribution is 2.34. The number of nitrogens with zero attached hydrogens (tertiary/aromatic N) is 3. The van der Waals surface area contributed by atoms with Gasteiger partial charge in [0.1, 0.15) is 18.9 Å². The Morgan fingerprint density at radius 3 is 2.69 bits per heavy atom. The average Bonchev–Trinajstić information content (AvgIpc) is 3.20. The Morgan fingerprint density at radius 1 is 1.10 bits per heavy atom. The van der Waals surface area contributed by atoms with Crippen molar-refractivity contribution in [1.29, 1.82) is 0 Å². The minimum Gasteiger partial charge on any atom is -0.486 e. The van der Waals surface area contributed by atoms with Crippen molar-refractivity contribution in [1.82, 2.24) is 20.5 Å². The molecule has 0 radical (unpaired) electrons. The van der Waals surface area contributed by atoms with Crippen LogP contribution in [0.3, 0.4) is 0 Å². The normalized spacial score (nSPS) is 13.8. The van der Waals surface area contributed by atoms with Gasteiger partial charge >= 0.3 is 6.03 Å². The number of carbonyl (C=O) groups is 1. The Balaban J connectivity index is 1.45. The summed E-state index contributed by atoms with van der Waals surface area (Å²) < 4.78 is 11.2. The third kappa shape index (κ3) is 4.45. The predicted octanol–water partition coefficient (Wildman–Crippen LogP) is 3.89. The van der Waals surface area contributed by atoms with Gasteiger partial charge in [-0.1, -0.05) is 37.3 Å². The zero-order valence-corrected chi connectivity index (χ0v) is 16.9. The summed E-state index contributed by atoms with van der Waals surface area (Å²) in [5.41, 5.74) is 1.67. The molecule has 0 saturated heterocycles. The summed E-state index contributed by atoms with van der Waals surface area (Å²) in [6.07, 6.45) is 1.69. The van der Waals surface area contributed by atoms with E-state index in [1.54, 1.807) is 6.20 Å². The molecule has 1 aliphatic heterocycles. The fourth-order valence-corrected chi connectivity index (χ4v) is 3.74. The minimum atomic E-state index is -0.345. The first-order valence-corrected chi connectivity index (χ1v) is 10.1. The summed E-state index contributed by atoms with van der Waals surface area (Å²) in [6.45, 7) is 5.16. The Bertz CT molecular complexity index is 993. The van der Waals surface area contributed by atoms with E-state index in [2.05, 4.69) is 25.8 Å². The summed E-state index contributed by atoms with van der Waals surface area (Å²) in [4.78, 5) is 16.8. The van der Waals surface area contributed by atoms with Crippen molar-refractivity contribution in [3.05, 3.63) is 48.2 Å². The molecule has 150 valence electrons. The number of fused-ring (bicyclic) bond motifs is 1. The number of nitrogens with one attached hydrogen (secondary N) is 2. The van der Waals surface area contributed by atoms with Gasteiger partial charge in [-0.25, -0.2) is 4.79 Å². The van der Waals surface area contributed by atoms with Crippen molar-refractivity contribution < 1.29 is 14.3 Å². The van der Waals surface area contributed by atoms with Crippen LogP contribution < -0.4 is 20.1 Å². The van der Waals surface area contributed by atoms with Crippen LogP contribution in [0.5, 0.6) is 11.5 Å². The van der Waals surface area contributed by atoms with Crippen LogP contribution >= 0.6 is 11.3 Å². The molecule has 2 amide bonds. The molecule has 3 aromatic rings. The third-order valence-electron chi connectivity index (χ3n) is 4.41. The summed E-state index contributed by atoms with van der Waals surface area (Å²) in [5, 5.41) is 15.0. The highest BCUT2D eigenvalue weighted by atomic mass is 32.1. The molecule has 0 saturated carbocycles. The lowest BCUT2D eigenvalue weighted by Crippen LogP contribution is -2.35. The van der Waals surface area contributed by atoms with Crippen LogP contribution in [0.25, 0.3) is 10.7 Å². The average molecular weight is 411 g/mol. The molecule has 2 N–H and O–H groups in total. The lowest BCUT2D eigenvalue weighted by atomic mass is 9.95. The van der Waals surface area contributed by atoms with Crippen LogP contribution in [-0.4, -0.2) is 34.4 Å². The largest absolute Gasteiger partial charge is 0.486 e. The van der Waals surface area contributed by atoms with E-state index in [1.807, 2.05) is 50.2 Å². The maximum absolute atomic E-state index is 12.6. The summed E-state index contributed by atoms with van der Waals surface area (Å²) >= 11 is 1.27. The van der Waals surface area contributed by atoms with Gasteiger partial charge in [-0.2, -0.15) is 0 Å². The first-order chi connectivity index (χ1) is 14.1. The van der Waals surface area contributed by atoms with Gasteiger partial charge in [0.2, 0.25) is 5.13 Å². The molecule has 8 nitrogen and oxygen atoms in total. The number of carbonyl (C=O) groups excluding carboxylic acids is 1. The number of urea groups is 1. The Morgan fingerprint density at radius 2 is 1.93 bits per heavy atom. The first kappa shape index (κ1) is 19.1. The number of benzene rings is 1. The fraction of sp³-hybridized carbons (Fsp3) is 0.300. The van der Waals surface area contributed by atoms with Crippen molar-refractivity contribution in [2.75, 3.05) is 18.5 Å². The molecule has 0 spiro atoms. The van der Waals surface area contributed by atoms with Crippen molar-refractivity contribution in [2.45, 2.75) is 19.9 Å². The van der Waals surface area contributed by atoms with Gasteiger partial charge in [0.05, 0.1) is 6.04 Å². The van der Waals surface area contributed by atoms with E-state index in [0.717, 1.165) is 17.0 Å². The van der Waals surface area contributed by atoms with Gasteiger partial charge in [-0.15, -0.1) is 10.2 Å². The molecule has 3 heterocycles. The molecular formula is C20H21N5O3S. The minimum absolute atomic E-state index is 0.168. The molecule has 29 heavy (non-hydrogen) atoms. The Kier molecular flexibility index (Phi) is 5.57. The number of aromatic nitrogens is 3. The zero-order valence-electron chi connectivity index (χ0n) is 16.1. The van der Waals surface area contributed by atoms with Gasteiger partial charge in [0, 0.05) is 6.20 Å². The molecular weight excluding hydrogens is 390 g/mol. The Hall–Kier alpha value is -3.20. The Labute approximate surface area is 172 Å². The molecule has 1 aromatic carbocycles. The number of pyridine rings is 1. The van der Waals surface area contributed by atoms with Gasteiger partial charge in [-0.05, 0) is 35.7 Å². The second kappa shape index (κ2) is 8.44. The quantitative estimate of drug-likeness (QED) is 0.661. The molecule has 0 bridgehead atoms. The second-order valence-electron chi connectivity index (χ2n) is 6.85. The van der Waals surface area contributed by atoms with Crippen molar-refractivity contribution >= 4 is 22.5 Å². The molecule has 1 unspecified atom stereocenters. The highest BCUT2D eigenvalue weighted by Gasteiger charge is 2.22. The molecule has 1 aliphatic rings. The third-order valence-corrected chi connectivity index (χ3v) is 5.27. The lowest BCUT2D eigenvalue weighted by molar-refractivity contribution is 0.171. The van der Waals surface area contributed by atoms with E-state index < -0.39 is 0 Å². The smallest absolute Gasteiger partial charge is 0.321 e. The topological polar surface area (TPSA) is 98.3 Å². The predicted molar refractivity (Wildman–Crippen MR) is 110 cm³/mol.